The molecule has 1 heterocycles. The summed E-state index contributed by atoms with van der Waals surface area (Å²) in [5.74, 6) is -0.0557. The van der Waals surface area contributed by atoms with Crippen molar-refractivity contribution in [2.45, 2.75) is 20.3 Å². The summed E-state index contributed by atoms with van der Waals surface area (Å²) in [6, 6.07) is 4.47. The number of anilines is 1. The van der Waals surface area contributed by atoms with Crippen LogP contribution in [0.3, 0.4) is 0 Å². The number of rotatable bonds is 6. The molecule has 0 saturated carbocycles. The molecule has 0 spiro atoms. The van der Waals surface area contributed by atoms with Gasteiger partial charge in [0, 0.05) is 57.0 Å². The van der Waals surface area contributed by atoms with Crippen molar-refractivity contribution in [2.75, 3.05) is 44.6 Å². The van der Waals surface area contributed by atoms with Crippen LogP contribution >= 0.6 is 0 Å². The molecule has 0 aliphatic carbocycles. The molecule has 0 radical (unpaired) electrons. The molecule has 0 unspecified atom stereocenters. The number of amides is 1. The van der Waals surface area contributed by atoms with Gasteiger partial charge in [0.25, 0.3) is 5.69 Å². The summed E-state index contributed by atoms with van der Waals surface area (Å²) in [7, 11) is 0. The maximum Gasteiger partial charge on any atom is 0.269 e. The highest BCUT2D eigenvalue weighted by molar-refractivity contribution is 5.91. The van der Waals surface area contributed by atoms with Crippen molar-refractivity contribution in [3.8, 4) is 0 Å². The molecule has 1 aliphatic rings. The number of aryl methyl sites for hydroxylation is 1. The monoisotopic (exact) mass is 320 g/mol. The van der Waals surface area contributed by atoms with Crippen LogP contribution in [0.2, 0.25) is 0 Å². The SMILES string of the molecule is CCN1CCN(CCC(=O)Nc2ccc([N+](=O)[O-])cc2C)CC1. The number of hydrogen-bond acceptors (Lipinski definition) is 5. The van der Waals surface area contributed by atoms with E-state index in [1.54, 1.807) is 13.0 Å². The Labute approximate surface area is 136 Å². The van der Waals surface area contributed by atoms with Crippen LogP contribution in [0.1, 0.15) is 18.9 Å². The van der Waals surface area contributed by atoms with Crippen molar-refractivity contribution >= 4 is 17.3 Å². The van der Waals surface area contributed by atoms with Gasteiger partial charge >= 0.3 is 0 Å². The molecule has 1 saturated heterocycles. The summed E-state index contributed by atoms with van der Waals surface area (Å²) < 4.78 is 0. The van der Waals surface area contributed by atoms with Crippen LogP contribution in [0.5, 0.6) is 0 Å². The van der Waals surface area contributed by atoms with E-state index in [-0.39, 0.29) is 11.6 Å². The predicted octanol–water partition coefficient (Wildman–Crippen LogP) is 1.87. The zero-order chi connectivity index (χ0) is 16.8. The lowest BCUT2D eigenvalue weighted by atomic mass is 10.1. The Bertz CT molecular complexity index is 568. The third kappa shape index (κ3) is 5.01. The highest BCUT2D eigenvalue weighted by atomic mass is 16.6. The molecule has 7 heteroatoms. The average Bonchev–Trinajstić information content (AvgIpc) is 2.55. The molecule has 1 N–H and O–H groups in total. The maximum atomic E-state index is 12.1. The minimum Gasteiger partial charge on any atom is -0.326 e. The fraction of sp³-hybridized carbons (Fsp3) is 0.562. The van der Waals surface area contributed by atoms with E-state index in [9.17, 15) is 14.9 Å². The molecule has 1 aromatic carbocycles. The van der Waals surface area contributed by atoms with Crippen LogP contribution in [0.25, 0.3) is 0 Å². The number of nitrogens with one attached hydrogen (secondary N) is 1. The standard InChI is InChI=1S/C16H24N4O3/c1-3-18-8-10-19(11-9-18)7-6-16(21)17-15-5-4-14(20(22)23)12-13(15)2/h4-5,12H,3,6-11H2,1-2H3,(H,17,21). The van der Waals surface area contributed by atoms with E-state index < -0.39 is 4.92 Å². The Hall–Kier alpha value is -1.99. The summed E-state index contributed by atoms with van der Waals surface area (Å²) in [5, 5.41) is 13.6. The Morgan fingerprint density at radius 3 is 2.48 bits per heavy atom. The molecule has 2 rings (SSSR count). The number of nitrogens with zero attached hydrogens (tertiary/aromatic N) is 3. The molecule has 1 amide bonds. The first kappa shape index (κ1) is 17.4. The van der Waals surface area contributed by atoms with Crippen LogP contribution in [0, 0.1) is 17.0 Å². The summed E-state index contributed by atoms with van der Waals surface area (Å²) in [4.78, 5) is 27.0. The second-order valence-corrected chi connectivity index (χ2v) is 5.83. The van der Waals surface area contributed by atoms with E-state index in [1.807, 2.05) is 0 Å². The number of nitro groups is 1. The first-order chi connectivity index (χ1) is 11.0. The second kappa shape index (κ2) is 8.03. The van der Waals surface area contributed by atoms with Gasteiger partial charge in [0.2, 0.25) is 5.91 Å². The maximum absolute atomic E-state index is 12.1. The van der Waals surface area contributed by atoms with E-state index >= 15 is 0 Å². The smallest absolute Gasteiger partial charge is 0.269 e. The normalized spacial score (nSPS) is 16.3. The molecule has 1 aromatic rings. The molecular weight excluding hydrogens is 296 g/mol. The zero-order valence-electron chi connectivity index (χ0n) is 13.7. The molecule has 0 bridgehead atoms. The van der Waals surface area contributed by atoms with Crippen molar-refractivity contribution in [1.82, 2.24) is 9.80 Å². The van der Waals surface area contributed by atoms with Gasteiger partial charge in [-0.1, -0.05) is 6.92 Å². The van der Waals surface area contributed by atoms with Gasteiger partial charge in [-0.2, -0.15) is 0 Å². The van der Waals surface area contributed by atoms with Crippen molar-refractivity contribution in [3.63, 3.8) is 0 Å². The van der Waals surface area contributed by atoms with E-state index in [1.165, 1.54) is 12.1 Å². The third-order valence-electron chi connectivity index (χ3n) is 4.26. The van der Waals surface area contributed by atoms with E-state index in [2.05, 4.69) is 22.0 Å². The minimum atomic E-state index is -0.436. The Kier molecular flexibility index (Phi) is 6.06. The van der Waals surface area contributed by atoms with Gasteiger partial charge < -0.3 is 15.1 Å². The number of non-ortho nitro benzene ring substituents is 1. The zero-order valence-corrected chi connectivity index (χ0v) is 13.7. The highest BCUT2D eigenvalue weighted by Gasteiger charge is 2.16. The molecule has 0 atom stereocenters. The number of carbonyl (C=O) groups is 1. The highest BCUT2D eigenvalue weighted by Crippen LogP contribution is 2.21. The van der Waals surface area contributed by atoms with Gasteiger partial charge in [0.15, 0.2) is 0 Å². The first-order valence-electron chi connectivity index (χ1n) is 7.99. The third-order valence-corrected chi connectivity index (χ3v) is 4.26. The Morgan fingerprint density at radius 1 is 1.26 bits per heavy atom. The number of carbonyl (C=O) groups excluding carboxylic acids is 1. The van der Waals surface area contributed by atoms with Crippen molar-refractivity contribution in [2.24, 2.45) is 0 Å². The van der Waals surface area contributed by atoms with Crippen molar-refractivity contribution in [1.29, 1.82) is 0 Å². The first-order valence-corrected chi connectivity index (χ1v) is 7.99. The van der Waals surface area contributed by atoms with Gasteiger partial charge in [-0.25, -0.2) is 0 Å². The summed E-state index contributed by atoms with van der Waals surface area (Å²) in [6.07, 6.45) is 0.433. The lowest BCUT2D eigenvalue weighted by Gasteiger charge is -2.33. The van der Waals surface area contributed by atoms with Gasteiger partial charge in [-0.15, -0.1) is 0 Å². The largest absolute Gasteiger partial charge is 0.326 e. The molecule has 0 aromatic heterocycles. The summed E-state index contributed by atoms with van der Waals surface area (Å²) >= 11 is 0. The van der Waals surface area contributed by atoms with Crippen molar-refractivity contribution < 1.29 is 9.72 Å². The van der Waals surface area contributed by atoms with Gasteiger partial charge in [-0.05, 0) is 25.1 Å². The topological polar surface area (TPSA) is 78.7 Å². The lowest BCUT2D eigenvalue weighted by molar-refractivity contribution is -0.384. The predicted molar refractivity (Wildman–Crippen MR) is 89.6 cm³/mol. The quantitative estimate of drug-likeness (QED) is 0.639. The van der Waals surface area contributed by atoms with Crippen LogP contribution in [-0.4, -0.2) is 59.9 Å². The van der Waals surface area contributed by atoms with Gasteiger partial charge in [0.1, 0.15) is 0 Å². The number of nitro benzene ring substituents is 1. The fourth-order valence-corrected chi connectivity index (χ4v) is 2.70. The van der Waals surface area contributed by atoms with Crippen LogP contribution < -0.4 is 5.32 Å². The molecule has 126 valence electrons. The Balaban J connectivity index is 1.80. The van der Waals surface area contributed by atoms with Crippen LogP contribution in [0.15, 0.2) is 18.2 Å². The number of benzene rings is 1. The number of likely N-dealkylation sites (N-methyl/N-ethyl adjacent to an activating group) is 1. The van der Waals surface area contributed by atoms with E-state index in [4.69, 9.17) is 0 Å². The van der Waals surface area contributed by atoms with E-state index in [0.717, 1.165) is 39.3 Å². The fourth-order valence-electron chi connectivity index (χ4n) is 2.70. The van der Waals surface area contributed by atoms with E-state index in [0.29, 0.717) is 17.7 Å². The molecule has 7 nitrogen and oxygen atoms in total. The molecule has 23 heavy (non-hydrogen) atoms. The molecule has 1 aliphatic heterocycles. The average molecular weight is 320 g/mol. The van der Waals surface area contributed by atoms with Gasteiger partial charge in [-0.3, -0.25) is 14.9 Å². The lowest BCUT2D eigenvalue weighted by Crippen LogP contribution is -2.46. The summed E-state index contributed by atoms with van der Waals surface area (Å²) in [6.45, 7) is 9.85. The Morgan fingerprint density at radius 2 is 1.91 bits per heavy atom. The number of piperazine rings is 1. The minimum absolute atomic E-state index is 0.0364. The van der Waals surface area contributed by atoms with Crippen molar-refractivity contribution in [3.05, 3.63) is 33.9 Å². The molecular formula is C16H24N4O3. The van der Waals surface area contributed by atoms with Gasteiger partial charge in [0.05, 0.1) is 4.92 Å². The van der Waals surface area contributed by atoms with Crippen LogP contribution in [0.4, 0.5) is 11.4 Å². The molecule has 1 fully saturated rings. The summed E-state index contributed by atoms with van der Waals surface area (Å²) in [5.41, 5.74) is 1.37. The number of hydrogen-bond donors (Lipinski definition) is 1. The van der Waals surface area contributed by atoms with Crippen LogP contribution in [-0.2, 0) is 4.79 Å². The second-order valence-electron chi connectivity index (χ2n) is 5.83.